The molecule has 1 aromatic heterocycles. The van der Waals surface area contributed by atoms with E-state index in [0.717, 1.165) is 16.7 Å². The molecule has 0 amide bonds. The third-order valence-electron chi connectivity index (χ3n) is 2.53. The van der Waals surface area contributed by atoms with Crippen molar-refractivity contribution >= 4 is 21.6 Å². The molecule has 3 nitrogen and oxygen atoms in total. The Kier molecular flexibility index (Phi) is 3.78. The molecule has 0 saturated heterocycles. The van der Waals surface area contributed by atoms with Crippen molar-refractivity contribution in [1.29, 1.82) is 0 Å². The van der Waals surface area contributed by atoms with Crippen LogP contribution in [0.4, 0.5) is 10.1 Å². The SMILES string of the molecule is CCn1cncc1CNc1cc(Br)ccc1F. The van der Waals surface area contributed by atoms with Crippen LogP contribution in [0.3, 0.4) is 0 Å². The molecule has 0 saturated carbocycles. The van der Waals surface area contributed by atoms with E-state index in [1.165, 1.54) is 6.07 Å². The van der Waals surface area contributed by atoms with E-state index in [2.05, 4.69) is 26.2 Å². The molecule has 5 heteroatoms. The van der Waals surface area contributed by atoms with Gasteiger partial charge in [-0.05, 0) is 25.1 Å². The minimum Gasteiger partial charge on any atom is -0.377 e. The van der Waals surface area contributed by atoms with Crippen molar-refractivity contribution in [3.8, 4) is 0 Å². The molecule has 1 N–H and O–H groups in total. The topological polar surface area (TPSA) is 29.9 Å². The number of halogens is 2. The zero-order valence-corrected chi connectivity index (χ0v) is 11.0. The summed E-state index contributed by atoms with van der Waals surface area (Å²) < 4.78 is 16.3. The quantitative estimate of drug-likeness (QED) is 0.937. The van der Waals surface area contributed by atoms with Crippen LogP contribution in [0.1, 0.15) is 12.6 Å². The Morgan fingerprint density at radius 1 is 1.47 bits per heavy atom. The lowest BCUT2D eigenvalue weighted by Gasteiger charge is -2.09. The fraction of sp³-hybridized carbons (Fsp3) is 0.250. The number of aromatic nitrogens is 2. The van der Waals surface area contributed by atoms with E-state index in [0.29, 0.717) is 12.2 Å². The molecule has 0 atom stereocenters. The van der Waals surface area contributed by atoms with Gasteiger partial charge < -0.3 is 9.88 Å². The van der Waals surface area contributed by atoms with Gasteiger partial charge in [0.25, 0.3) is 0 Å². The average Bonchev–Trinajstić information content (AvgIpc) is 2.77. The number of anilines is 1. The number of hydrogen-bond acceptors (Lipinski definition) is 2. The molecule has 0 unspecified atom stereocenters. The molecule has 0 bridgehead atoms. The maximum atomic E-state index is 13.5. The molecule has 2 rings (SSSR count). The van der Waals surface area contributed by atoms with Crippen LogP contribution in [-0.4, -0.2) is 9.55 Å². The highest BCUT2D eigenvalue weighted by Crippen LogP contribution is 2.20. The van der Waals surface area contributed by atoms with E-state index in [-0.39, 0.29) is 5.82 Å². The zero-order valence-electron chi connectivity index (χ0n) is 9.45. The highest BCUT2D eigenvalue weighted by atomic mass is 79.9. The molecule has 0 fully saturated rings. The van der Waals surface area contributed by atoms with Gasteiger partial charge in [0.15, 0.2) is 0 Å². The third-order valence-corrected chi connectivity index (χ3v) is 3.02. The number of imidazole rings is 1. The van der Waals surface area contributed by atoms with E-state index < -0.39 is 0 Å². The fourth-order valence-electron chi connectivity index (χ4n) is 1.60. The van der Waals surface area contributed by atoms with Crippen LogP contribution < -0.4 is 5.32 Å². The van der Waals surface area contributed by atoms with Crippen LogP contribution in [0, 0.1) is 5.82 Å². The summed E-state index contributed by atoms with van der Waals surface area (Å²) in [4.78, 5) is 4.07. The predicted octanol–water partition coefficient (Wildman–Crippen LogP) is 3.42. The lowest BCUT2D eigenvalue weighted by Crippen LogP contribution is -2.06. The highest BCUT2D eigenvalue weighted by Gasteiger charge is 2.04. The molecular formula is C12H13BrFN3. The van der Waals surface area contributed by atoms with Gasteiger partial charge in [-0.3, -0.25) is 0 Å². The van der Waals surface area contributed by atoms with E-state index in [1.807, 2.05) is 11.5 Å². The molecule has 2 aromatic rings. The summed E-state index contributed by atoms with van der Waals surface area (Å²) in [6, 6.07) is 4.84. The lowest BCUT2D eigenvalue weighted by molar-refractivity contribution is 0.629. The van der Waals surface area contributed by atoms with Crippen LogP contribution >= 0.6 is 15.9 Å². The third kappa shape index (κ3) is 2.85. The second-order valence-electron chi connectivity index (χ2n) is 3.65. The number of benzene rings is 1. The van der Waals surface area contributed by atoms with Crippen LogP contribution in [0.15, 0.2) is 35.2 Å². The molecule has 17 heavy (non-hydrogen) atoms. The Morgan fingerprint density at radius 3 is 3.06 bits per heavy atom. The van der Waals surface area contributed by atoms with E-state index >= 15 is 0 Å². The van der Waals surface area contributed by atoms with Crippen LogP contribution in [0.5, 0.6) is 0 Å². The molecular weight excluding hydrogens is 285 g/mol. The number of nitrogens with zero attached hydrogens (tertiary/aromatic N) is 2. The summed E-state index contributed by atoms with van der Waals surface area (Å²) in [5.41, 5.74) is 1.52. The van der Waals surface area contributed by atoms with E-state index in [9.17, 15) is 4.39 Å². The van der Waals surface area contributed by atoms with Crippen LogP contribution in [0.25, 0.3) is 0 Å². The Balaban J connectivity index is 2.09. The van der Waals surface area contributed by atoms with Crippen molar-refractivity contribution in [1.82, 2.24) is 9.55 Å². The summed E-state index contributed by atoms with van der Waals surface area (Å²) in [6.07, 6.45) is 3.56. The van der Waals surface area contributed by atoms with Gasteiger partial charge in [0.2, 0.25) is 0 Å². The first-order valence-corrected chi connectivity index (χ1v) is 6.18. The second kappa shape index (κ2) is 5.31. The van der Waals surface area contributed by atoms with Gasteiger partial charge in [-0.2, -0.15) is 0 Å². The molecule has 1 aromatic carbocycles. The highest BCUT2D eigenvalue weighted by molar-refractivity contribution is 9.10. The van der Waals surface area contributed by atoms with Gasteiger partial charge in [0.05, 0.1) is 24.3 Å². The molecule has 0 radical (unpaired) electrons. The predicted molar refractivity (Wildman–Crippen MR) is 69.3 cm³/mol. The van der Waals surface area contributed by atoms with Crippen molar-refractivity contribution < 1.29 is 4.39 Å². The normalized spacial score (nSPS) is 10.5. The van der Waals surface area contributed by atoms with Gasteiger partial charge in [-0.25, -0.2) is 9.37 Å². The molecule has 90 valence electrons. The summed E-state index contributed by atoms with van der Waals surface area (Å²) in [6.45, 7) is 3.46. The second-order valence-corrected chi connectivity index (χ2v) is 4.56. The standard InChI is InChI=1S/C12H13BrFN3/c1-2-17-8-15-6-10(17)7-16-12-5-9(13)3-4-11(12)14/h3-6,8,16H,2,7H2,1H3. The van der Waals surface area contributed by atoms with E-state index in [4.69, 9.17) is 0 Å². The zero-order chi connectivity index (χ0) is 12.3. The molecule has 0 aliphatic carbocycles. The average molecular weight is 298 g/mol. The molecule has 0 aliphatic heterocycles. The fourth-order valence-corrected chi connectivity index (χ4v) is 1.96. The van der Waals surface area contributed by atoms with Gasteiger partial charge in [0, 0.05) is 17.2 Å². The molecule has 1 heterocycles. The summed E-state index contributed by atoms with van der Waals surface area (Å²) in [5.74, 6) is -0.254. The Bertz CT molecular complexity index is 510. The smallest absolute Gasteiger partial charge is 0.146 e. The van der Waals surface area contributed by atoms with Crippen molar-refractivity contribution in [2.45, 2.75) is 20.0 Å². The number of aryl methyl sites for hydroxylation is 1. The van der Waals surface area contributed by atoms with Crippen molar-refractivity contribution in [2.75, 3.05) is 5.32 Å². The van der Waals surface area contributed by atoms with Crippen LogP contribution in [-0.2, 0) is 13.1 Å². The summed E-state index contributed by atoms with van der Waals surface area (Å²) in [5, 5.41) is 3.07. The molecule has 0 spiro atoms. The number of nitrogens with one attached hydrogen (secondary N) is 1. The Morgan fingerprint density at radius 2 is 2.29 bits per heavy atom. The van der Waals surface area contributed by atoms with Gasteiger partial charge in [-0.1, -0.05) is 15.9 Å². The van der Waals surface area contributed by atoms with Crippen molar-refractivity contribution in [3.05, 3.63) is 46.7 Å². The maximum absolute atomic E-state index is 13.5. The summed E-state index contributed by atoms with van der Waals surface area (Å²) >= 11 is 3.32. The van der Waals surface area contributed by atoms with Crippen molar-refractivity contribution in [3.63, 3.8) is 0 Å². The van der Waals surface area contributed by atoms with Crippen molar-refractivity contribution in [2.24, 2.45) is 0 Å². The monoisotopic (exact) mass is 297 g/mol. The number of hydrogen-bond donors (Lipinski definition) is 1. The maximum Gasteiger partial charge on any atom is 0.146 e. The lowest BCUT2D eigenvalue weighted by atomic mass is 10.3. The van der Waals surface area contributed by atoms with E-state index in [1.54, 1.807) is 24.7 Å². The first-order chi connectivity index (χ1) is 8.20. The van der Waals surface area contributed by atoms with Crippen LogP contribution in [0.2, 0.25) is 0 Å². The minimum absolute atomic E-state index is 0.254. The number of rotatable bonds is 4. The Hall–Kier alpha value is -1.36. The minimum atomic E-state index is -0.254. The van der Waals surface area contributed by atoms with Gasteiger partial charge in [-0.15, -0.1) is 0 Å². The Labute approximate surface area is 108 Å². The van der Waals surface area contributed by atoms with Gasteiger partial charge >= 0.3 is 0 Å². The molecule has 0 aliphatic rings. The first-order valence-electron chi connectivity index (χ1n) is 5.38. The summed E-state index contributed by atoms with van der Waals surface area (Å²) in [7, 11) is 0. The first kappa shape index (κ1) is 12.1. The van der Waals surface area contributed by atoms with Gasteiger partial charge in [0.1, 0.15) is 5.82 Å². The largest absolute Gasteiger partial charge is 0.377 e.